The van der Waals surface area contributed by atoms with Gasteiger partial charge in [0.2, 0.25) is 5.95 Å². The van der Waals surface area contributed by atoms with Gasteiger partial charge in [0, 0.05) is 26.7 Å². The van der Waals surface area contributed by atoms with E-state index in [1.807, 2.05) is 0 Å². The van der Waals surface area contributed by atoms with E-state index in [0.29, 0.717) is 23.8 Å². The molecule has 1 atom stereocenters. The largest absolute Gasteiger partial charge is 0.480 e. The minimum atomic E-state index is 0.111. The number of nitrogens with one attached hydrogen (secondary N) is 2. The first kappa shape index (κ1) is 19.0. The molecule has 5 N–H and O–H groups in total. The first-order valence-corrected chi connectivity index (χ1v) is 7.90. The fourth-order valence-electron chi connectivity index (χ4n) is 2.08. The van der Waals surface area contributed by atoms with Crippen LogP contribution in [-0.2, 0) is 0 Å². The molecule has 23 heavy (non-hydrogen) atoms. The molecule has 8 heteroatoms. The van der Waals surface area contributed by atoms with Gasteiger partial charge in [0.05, 0.1) is 6.20 Å². The SMILES string of the molecule is CCCCC(CCO)Nc1nc(N)ncc1OC/C(=N/C)NC. The molecule has 0 fully saturated rings. The molecule has 1 heterocycles. The minimum Gasteiger partial charge on any atom is -0.480 e. The van der Waals surface area contributed by atoms with Crippen molar-refractivity contribution >= 4 is 17.6 Å². The Labute approximate surface area is 137 Å². The highest BCUT2D eigenvalue weighted by Gasteiger charge is 2.14. The molecule has 0 radical (unpaired) electrons. The van der Waals surface area contributed by atoms with Gasteiger partial charge in [-0.3, -0.25) is 4.99 Å². The molecular weight excluding hydrogens is 296 g/mol. The molecule has 1 aromatic heterocycles. The van der Waals surface area contributed by atoms with Gasteiger partial charge in [0.25, 0.3) is 0 Å². The fourth-order valence-corrected chi connectivity index (χ4v) is 2.08. The summed E-state index contributed by atoms with van der Waals surface area (Å²) in [4.78, 5) is 12.3. The van der Waals surface area contributed by atoms with Crippen molar-refractivity contribution in [1.29, 1.82) is 0 Å². The van der Waals surface area contributed by atoms with E-state index in [-0.39, 0.29) is 25.2 Å². The zero-order chi connectivity index (χ0) is 17.1. The first-order chi connectivity index (χ1) is 11.1. The summed E-state index contributed by atoms with van der Waals surface area (Å²) >= 11 is 0. The Kier molecular flexibility index (Phi) is 8.74. The maximum Gasteiger partial charge on any atom is 0.222 e. The summed E-state index contributed by atoms with van der Waals surface area (Å²) in [7, 11) is 3.47. The summed E-state index contributed by atoms with van der Waals surface area (Å²) in [6.45, 7) is 2.54. The number of nitrogen functional groups attached to an aromatic ring is 1. The smallest absolute Gasteiger partial charge is 0.222 e. The Balaban J connectivity index is 2.83. The number of nitrogens with zero attached hydrogens (tertiary/aromatic N) is 3. The van der Waals surface area contributed by atoms with Gasteiger partial charge in [-0.25, -0.2) is 4.98 Å². The van der Waals surface area contributed by atoms with Crippen LogP contribution in [0.25, 0.3) is 0 Å². The van der Waals surface area contributed by atoms with E-state index in [9.17, 15) is 5.11 Å². The van der Waals surface area contributed by atoms with E-state index in [1.165, 1.54) is 0 Å². The number of aromatic nitrogens is 2. The molecular formula is C15H28N6O2. The lowest BCUT2D eigenvalue weighted by molar-refractivity contribution is 0.275. The quantitative estimate of drug-likeness (QED) is 0.375. The van der Waals surface area contributed by atoms with Crippen LogP contribution in [0.2, 0.25) is 0 Å². The average Bonchev–Trinajstić information content (AvgIpc) is 2.55. The molecule has 0 aliphatic rings. The van der Waals surface area contributed by atoms with E-state index >= 15 is 0 Å². The van der Waals surface area contributed by atoms with Crippen molar-refractivity contribution in [3.63, 3.8) is 0 Å². The number of anilines is 2. The number of hydrogen-bond donors (Lipinski definition) is 4. The number of amidine groups is 1. The lowest BCUT2D eigenvalue weighted by atomic mass is 10.1. The predicted octanol–water partition coefficient (Wildman–Crippen LogP) is 1.04. The van der Waals surface area contributed by atoms with Gasteiger partial charge in [0.1, 0.15) is 12.4 Å². The molecule has 1 unspecified atom stereocenters. The topological polar surface area (TPSA) is 118 Å². The molecule has 0 saturated heterocycles. The maximum atomic E-state index is 9.23. The summed E-state index contributed by atoms with van der Waals surface area (Å²) in [5.74, 6) is 1.94. The van der Waals surface area contributed by atoms with E-state index in [0.717, 1.165) is 19.3 Å². The molecule has 0 aliphatic carbocycles. The summed E-state index contributed by atoms with van der Waals surface area (Å²) in [6, 6.07) is 0.111. The van der Waals surface area contributed by atoms with Crippen LogP contribution < -0.4 is 21.1 Å². The van der Waals surface area contributed by atoms with Gasteiger partial charge in [-0.2, -0.15) is 4.98 Å². The van der Waals surface area contributed by atoms with Crippen molar-refractivity contribution < 1.29 is 9.84 Å². The molecule has 0 amide bonds. The monoisotopic (exact) mass is 324 g/mol. The molecule has 0 bridgehead atoms. The van der Waals surface area contributed by atoms with Crippen molar-refractivity contribution in [3.8, 4) is 5.75 Å². The number of likely N-dealkylation sites (N-methyl/N-ethyl adjacent to an activating group) is 1. The normalized spacial score (nSPS) is 12.8. The molecule has 0 aromatic carbocycles. The van der Waals surface area contributed by atoms with Crippen LogP contribution in [0, 0.1) is 0 Å². The molecule has 1 rings (SSSR count). The highest BCUT2D eigenvalue weighted by atomic mass is 16.5. The first-order valence-electron chi connectivity index (χ1n) is 7.90. The van der Waals surface area contributed by atoms with E-state index in [4.69, 9.17) is 10.5 Å². The van der Waals surface area contributed by atoms with E-state index in [2.05, 4.69) is 32.5 Å². The van der Waals surface area contributed by atoms with Crippen molar-refractivity contribution in [3.05, 3.63) is 6.20 Å². The van der Waals surface area contributed by atoms with Crippen molar-refractivity contribution in [2.75, 3.05) is 38.4 Å². The zero-order valence-electron chi connectivity index (χ0n) is 14.2. The third-order valence-corrected chi connectivity index (χ3v) is 3.42. The molecule has 0 aliphatic heterocycles. The van der Waals surface area contributed by atoms with Crippen LogP contribution in [0.15, 0.2) is 11.2 Å². The average molecular weight is 324 g/mol. The number of hydrogen-bond acceptors (Lipinski definition) is 7. The van der Waals surface area contributed by atoms with Gasteiger partial charge in [-0.1, -0.05) is 19.8 Å². The van der Waals surface area contributed by atoms with Gasteiger partial charge in [-0.15, -0.1) is 0 Å². The Morgan fingerprint density at radius 2 is 2.26 bits per heavy atom. The van der Waals surface area contributed by atoms with Crippen molar-refractivity contribution in [1.82, 2.24) is 15.3 Å². The van der Waals surface area contributed by atoms with Crippen LogP contribution in [0.1, 0.15) is 32.6 Å². The number of aliphatic imine (C=N–C) groups is 1. The number of nitrogens with two attached hydrogens (primary N) is 1. The van der Waals surface area contributed by atoms with Crippen LogP contribution in [0.4, 0.5) is 11.8 Å². The van der Waals surface area contributed by atoms with Gasteiger partial charge in [0.15, 0.2) is 11.6 Å². The standard InChI is InChI=1S/C15H28N6O2/c1-4-5-6-11(7-8-22)20-14-12(9-19-15(16)21-14)23-10-13(17-2)18-3/h9,11,22H,4-8,10H2,1-3H3,(H,17,18)(H3,16,19,20,21). The van der Waals surface area contributed by atoms with Crippen LogP contribution >= 0.6 is 0 Å². The Hall–Kier alpha value is -2.09. The van der Waals surface area contributed by atoms with Crippen LogP contribution in [0.3, 0.4) is 0 Å². The second kappa shape index (κ2) is 10.6. The highest BCUT2D eigenvalue weighted by molar-refractivity contribution is 5.83. The minimum absolute atomic E-state index is 0.111. The molecule has 1 aromatic rings. The van der Waals surface area contributed by atoms with Gasteiger partial charge < -0.3 is 26.2 Å². The summed E-state index contributed by atoms with van der Waals surface area (Å²) < 4.78 is 5.72. The molecule has 8 nitrogen and oxygen atoms in total. The third kappa shape index (κ3) is 6.68. The van der Waals surface area contributed by atoms with Crippen molar-refractivity contribution in [2.24, 2.45) is 4.99 Å². The van der Waals surface area contributed by atoms with Crippen LogP contribution in [0.5, 0.6) is 5.75 Å². The van der Waals surface area contributed by atoms with Gasteiger partial charge in [-0.05, 0) is 12.8 Å². The second-order valence-corrected chi connectivity index (χ2v) is 5.15. The van der Waals surface area contributed by atoms with E-state index in [1.54, 1.807) is 20.3 Å². The zero-order valence-corrected chi connectivity index (χ0v) is 14.2. The molecule has 0 spiro atoms. The molecule has 0 saturated carbocycles. The molecule has 130 valence electrons. The lowest BCUT2D eigenvalue weighted by Crippen LogP contribution is -2.26. The second-order valence-electron chi connectivity index (χ2n) is 5.15. The van der Waals surface area contributed by atoms with Gasteiger partial charge >= 0.3 is 0 Å². The Bertz CT molecular complexity index is 495. The number of rotatable bonds is 10. The summed E-state index contributed by atoms with van der Waals surface area (Å²) in [6.07, 6.45) is 5.29. The van der Waals surface area contributed by atoms with E-state index < -0.39 is 0 Å². The van der Waals surface area contributed by atoms with Crippen molar-refractivity contribution in [2.45, 2.75) is 38.6 Å². The predicted molar refractivity (Wildman–Crippen MR) is 93.0 cm³/mol. The maximum absolute atomic E-state index is 9.23. The Morgan fingerprint density at radius 3 is 2.87 bits per heavy atom. The third-order valence-electron chi connectivity index (χ3n) is 3.42. The Morgan fingerprint density at radius 1 is 1.48 bits per heavy atom. The summed E-state index contributed by atoms with van der Waals surface area (Å²) in [5, 5.41) is 15.5. The number of unbranched alkanes of at least 4 members (excludes halogenated alkanes) is 1. The highest BCUT2D eigenvalue weighted by Crippen LogP contribution is 2.24. The fraction of sp³-hybridized carbons (Fsp3) is 0.667. The van der Waals surface area contributed by atoms with Crippen LogP contribution in [-0.4, -0.2) is 54.3 Å². The number of ether oxygens (including phenoxy) is 1. The summed E-state index contributed by atoms with van der Waals surface area (Å²) in [5.41, 5.74) is 5.68. The number of aliphatic hydroxyl groups is 1. The number of aliphatic hydroxyl groups excluding tert-OH is 1. The lowest BCUT2D eigenvalue weighted by Gasteiger charge is -2.20.